The molecule has 0 atom stereocenters. The van der Waals surface area contributed by atoms with Gasteiger partial charge in [0, 0.05) is 24.4 Å². The summed E-state index contributed by atoms with van der Waals surface area (Å²) in [5.74, 6) is -1.87. The molecule has 0 aliphatic rings. The molecule has 0 aliphatic carbocycles. The van der Waals surface area contributed by atoms with Gasteiger partial charge in [-0.3, -0.25) is 0 Å². The van der Waals surface area contributed by atoms with Crippen LogP contribution in [0, 0.1) is 5.41 Å². The van der Waals surface area contributed by atoms with Gasteiger partial charge < -0.3 is 40.9 Å². The van der Waals surface area contributed by atoms with Gasteiger partial charge in [-0.1, -0.05) is 26.0 Å². The van der Waals surface area contributed by atoms with E-state index in [-0.39, 0.29) is 24.4 Å². The Balaban J connectivity index is -0.000000146. The first-order chi connectivity index (χ1) is 13.4. The van der Waals surface area contributed by atoms with Crippen LogP contribution in [0.4, 0.5) is 0 Å². The van der Waals surface area contributed by atoms with Crippen LogP contribution in [-0.4, -0.2) is 92.4 Å². The second kappa shape index (κ2) is 24.2. The third kappa shape index (κ3) is 28.5. The number of hydrogen-bond acceptors (Lipinski definition) is 8. The van der Waals surface area contributed by atoms with Crippen molar-refractivity contribution in [1.82, 2.24) is 0 Å². The fourth-order valence-electron chi connectivity index (χ4n) is 0.877. The van der Waals surface area contributed by atoms with Gasteiger partial charge in [0.2, 0.25) is 0 Å². The maximum absolute atomic E-state index is 9.60. The van der Waals surface area contributed by atoms with E-state index in [1.807, 2.05) is 0 Å². The van der Waals surface area contributed by atoms with Crippen molar-refractivity contribution >= 4 is 11.9 Å². The van der Waals surface area contributed by atoms with Gasteiger partial charge in [0.05, 0.1) is 31.8 Å². The monoisotopic (exact) mass is 426 g/mol. The first-order valence-corrected chi connectivity index (χ1v) is 8.87. The van der Waals surface area contributed by atoms with Crippen molar-refractivity contribution in [2.24, 2.45) is 5.41 Å². The number of rotatable bonds is 11. The van der Waals surface area contributed by atoms with Crippen LogP contribution in [0.1, 0.15) is 39.5 Å². The molecule has 0 spiro atoms. The summed E-state index contributed by atoms with van der Waals surface area (Å²) in [5, 5.41) is 66.4. The second-order valence-corrected chi connectivity index (χ2v) is 6.16. The second-order valence-electron chi connectivity index (χ2n) is 6.16. The molecule has 0 aromatic heterocycles. The molecule has 0 unspecified atom stereocenters. The zero-order valence-electron chi connectivity index (χ0n) is 17.4. The number of hydrogen-bond donors (Lipinski definition) is 8. The summed E-state index contributed by atoms with van der Waals surface area (Å²) in [5.41, 5.74) is -0.759. The molecule has 174 valence electrons. The quantitative estimate of drug-likeness (QED) is 0.161. The molecule has 10 heteroatoms. The maximum Gasteiger partial charge on any atom is 0.330 e. The van der Waals surface area contributed by atoms with Gasteiger partial charge in [-0.2, -0.15) is 0 Å². The lowest BCUT2D eigenvalue weighted by atomic mass is 9.93. The Kier molecular flexibility index (Phi) is 29.0. The fraction of sp³-hybridized carbons (Fsp3) is 0.684. The summed E-state index contributed by atoms with van der Waals surface area (Å²) in [6, 6.07) is 0. The standard InChI is InChI=1S/C6H14O2.C5H12O4.2C4H6O2/c7-5-3-1-2-4-6-8;6-1-5(2-7,3-8)4-9;2*1-3(2)4(5)6/h7-8H,1-6H2;6-9H,1-4H2;2*1H2,2H3,(H,5,6). The van der Waals surface area contributed by atoms with Gasteiger partial charge in [0.15, 0.2) is 0 Å². The van der Waals surface area contributed by atoms with Gasteiger partial charge in [0.1, 0.15) is 0 Å². The highest BCUT2D eigenvalue weighted by atomic mass is 16.4. The van der Waals surface area contributed by atoms with Crippen molar-refractivity contribution in [1.29, 1.82) is 0 Å². The van der Waals surface area contributed by atoms with E-state index in [2.05, 4.69) is 13.2 Å². The predicted molar refractivity (Wildman–Crippen MR) is 108 cm³/mol. The molecule has 0 amide bonds. The largest absolute Gasteiger partial charge is 0.478 e. The molecule has 0 rings (SSSR count). The predicted octanol–water partition coefficient (Wildman–Crippen LogP) is -0.232. The highest BCUT2D eigenvalue weighted by Crippen LogP contribution is 2.11. The molecule has 0 heterocycles. The number of aliphatic hydroxyl groups excluding tert-OH is 6. The lowest BCUT2D eigenvalue weighted by Crippen LogP contribution is -2.37. The van der Waals surface area contributed by atoms with E-state index in [4.69, 9.17) is 40.9 Å². The van der Waals surface area contributed by atoms with E-state index >= 15 is 0 Å². The highest BCUT2D eigenvalue weighted by Gasteiger charge is 2.26. The third-order valence-corrected chi connectivity index (χ3v) is 3.14. The molecule has 0 aliphatic heterocycles. The Bertz CT molecular complexity index is 359. The van der Waals surface area contributed by atoms with Crippen molar-refractivity contribution in [3.05, 3.63) is 24.3 Å². The fourth-order valence-corrected chi connectivity index (χ4v) is 0.877. The average Bonchev–Trinajstić information content (AvgIpc) is 2.69. The normalized spacial score (nSPS) is 9.52. The Morgan fingerprint density at radius 3 is 0.897 bits per heavy atom. The van der Waals surface area contributed by atoms with E-state index in [9.17, 15) is 9.59 Å². The van der Waals surface area contributed by atoms with Crippen LogP contribution in [0.15, 0.2) is 24.3 Å². The van der Waals surface area contributed by atoms with E-state index in [0.717, 1.165) is 25.7 Å². The van der Waals surface area contributed by atoms with Crippen LogP contribution in [0.2, 0.25) is 0 Å². The Labute approximate surface area is 172 Å². The topological polar surface area (TPSA) is 196 Å². The molecular formula is C19H38O10. The summed E-state index contributed by atoms with van der Waals surface area (Å²) in [4.78, 5) is 19.2. The average molecular weight is 427 g/mol. The molecule has 29 heavy (non-hydrogen) atoms. The van der Waals surface area contributed by atoms with Gasteiger partial charge >= 0.3 is 11.9 Å². The maximum atomic E-state index is 9.60. The summed E-state index contributed by atoms with van der Waals surface area (Å²) in [6.07, 6.45) is 3.83. The zero-order chi connectivity index (χ0) is 23.9. The molecule has 0 saturated carbocycles. The molecule has 0 radical (unpaired) electrons. The molecule has 0 aromatic rings. The first-order valence-electron chi connectivity index (χ1n) is 8.87. The smallest absolute Gasteiger partial charge is 0.330 e. The number of aliphatic carboxylic acids is 2. The molecule has 0 saturated heterocycles. The number of carbonyl (C=O) groups is 2. The Hall–Kier alpha value is -1.82. The minimum atomic E-state index is -1.11. The lowest BCUT2D eigenvalue weighted by molar-refractivity contribution is -0.133. The summed E-state index contributed by atoms with van der Waals surface area (Å²) in [6.45, 7) is 8.15. The summed E-state index contributed by atoms with van der Waals surface area (Å²) >= 11 is 0. The molecular weight excluding hydrogens is 388 g/mol. The van der Waals surface area contributed by atoms with Crippen molar-refractivity contribution in [3.63, 3.8) is 0 Å². The molecule has 0 fully saturated rings. The van der Waals surface area contributed by atoms with Crippen LogP contribution in [0.3, 0.4) is 0 Å². The van der Waals surface area contributed by atoms with Gasteiger partial charge in [-0.15, -0.1) is 0 Å². The van der Waals surface area contributed by atoms with Crippen LogP contribution in [0.5, 0.6) is 0 Å². The Morgan fingerprint density at radius 2 is 0.828 bits per heavy atom. The minimum Gasteiger partial charge on any atom is -0.478 e. The molecule has 0 aromatic carbocycles. The van der Waals surface area contributed by atoms with Crippen molar-refractivity contribution < 1.29 is 50.4 Å². The van der Waals surface area contributed by atoms with Crippen molar-refractivity contribution in [3.8, 4) is 0 Å². The number of carboxylic acids is 2. The van der Waals surface area contributed by atoms with Crippen molar-refractivity contribution in [2.45, 2.75) is 39.5 Å². The van der Waals surface area contributed by atoms with Gasteiger partial charge in [-0.25, -0.2) is 9.59 Å². The number of unbranched alkanes of at least 4 members (excludes halogenated alkanes) is 3. The lowest BCUT2D eigenvalue weighted by Gasteiger charge is -2.23. The number of aliphatic hydroxyl groups is 6. The van der Waals surface area contributed by atoms with E-state index in [1.54, 1.807) is 0 Å². The van der Waals surface area contributed by atoms with Crippen LogP contribution in [0.25, 0.3) is 0 Å². The minimum absolute atomic E-state index is 0.176. The van der Waals surface area contributed by atoms with E-state index < -0.39 is 43.8 Å². The summed E-state index contributed by atoms with van der Waals surface area (Å²) in [7, 11) is 0. The third-order valence-electron chi connectivity index (χ3n) is 3.14. The molecule has 0 bridgehead atoms. The SMILES string of the molecule is C=C(C)C(=O)O.C=C(C)C(=O)O.OCC(CO)(CO)CO.OCCCCCCO. The first kappa shape index (κ1) is 34.7. The van der Waals surface area contributed by atoms with Crippen LogP contribution >= 0.6 is 0 Å². The Morgan fingerprint density at radius 1 is 0.621 bits per heavy atom. The highest BCUT2D eigenvalue weighted by molar-refractivity contribution is 5.85. The van der Waals surface area contributed by atoms with Crippen LogP contribution < -0.4 is 0 Å². The van der Waals surface area contributed by atoms with Crippen LogP contribution in [-0.2, 0) is 9.59 Å². The van der Waals surface area contributed by atoms with Gasteiger partial charge in [-0.05, 0) is 26.7 Å². The van der Waals surface area contributed by atoms with E-state index in [0.29, 0.717) is 0 Å². The molecule has 10 nitrogen and oxygen atoms in total. The van der Waals surface area contributed by atoms with Gasteiger partial charge in [0.25, 0.3) is 0 Å². The molecule has 8 N–H and O–H groups in total. The zero-order valence-corrected chi connectivity index (χ0v) is 17.4. The van der Waals surface area contributed by atoms with E-state index in [1.165, 1.54) is 13.8 Å². The van der Waals surface area contributed by atoms with Crippen molar-refractivity contribution in [2.75, 3.05) is 39.6 Å². The number of carboxylic acid groups (broad SMARTS) is 2. The summed E-state index contributed by atoms with van der Waals surface area (Å²) < 4.78 is 0.